The minimum Gasteiger partial charge on any atom is -0.360 e. The number of aryl methyl sites for hydroxylation is 2. The van der Waals surface area contributed by atoms with Crippen LogP contribution in [0.4, 0.5) is 17.6 Å². The van der Waals surface area contributed by atoms with Crippen LogP contribution in [0.2, 0.25) is 0 Å². The lowest BCUT2D eigenvalue weighted by Crippen LogP contribution is -2.34. The smallest absolute Gasteiger partial charge is 0.360 e. The predicted molar refractivity (Wildman–Crippen MR) is 97.2 cm³/mol. The molecule has 0 radical (unpaired) electrons. The van der Waals surface area contributed by atoms with Gasteiger partial charge in [0.05, 0.1) is 5.69 Å². The second-order valence-electron chi connectivity index (χ2n) is 6.22. The molecule has 152 valence electrons. The zero-order valence-corrected chi connectivity index (χ0v) is 15.4. The average molecular weight is 408 g/mol. The first-order chi connectivity index (χ1) is 13.6. The molecule has 0 saturated heterocycles. The molecule has 1 amide bonds. The molecule has 0 spiro atoms. The standard InChI is InChI=1S/C19H16F4N4O2/c1-11-15(17(26-29-11)12-3-5-13(20)6-4-12)8-7-14-9-16(27(2)25-14)18(28)24-10-19(21,22)23/h3-9H,10H2,1-2H3,(H,24,28)/b8-7+. The summed E-state index contributed by atoms with van der Waals surface area (Å²) < 4.78 is 56.3. The van der Waals surface area contributed by atoms with Crippen LogP contribution < -0.4 is 5.32 Å². The zero-order chi connectivity index (χ0) is 21.2. The Bertz CT molecular complexity index is 1050. The van der Waals surface area contributed by atoms with Crippen molar-refractivity contribution in [3.8, 4) is 11.3 Å². The summed E-state index contributed by atoms with van der Waals surface area (Å²) in [6.07, 6.45) is -1.27. The largest absolute Gasteiger partial charge is 0.405 e. The summed E-state index contributed by atoms with van der Waals surface area (Å²) >= 11 is 0. The maximum atomic E-state index is 13.1. The Kier molecular flexibility index (Phi) is 5.53. The highest BCUT2D eigenvalue weighted by Crippen LogP contribution is 2.27. The van der Waals surface area contributed by atoms with E-state index in [4.69, 9.17) is 4.52 Å². The SMILES string of the molecule is Cc1onc(-c2ccc(F)cc2)c1/C=C/c1cc(C(=O)NCC(F)(F)F)n(C)n1. The van der Waals surface area contributed by atoms with E-state index in [1.165, 1.54) is 29.9 Å². The zero-order valence-electron chi connectivity index (χ0n) is 15.4. The number of rotatable bonds is 5. The van der Waals surface area contributed by atoms with Crippen molar-refractivity contribution in [1.82, 2.24) is 20.3 Å². The minimum absolute atomic E-state index is 0.0188. The Hall–Kier alpha value is -3.43. The average Bonchev–Trinajstić information content (AvgIpc) is 3.20. The van der Waals surface area contributed by atoms with Crippen LogP contribution in [0.25, 0.3) is 23.4 Å². The fraction of sp³-hybridized carbons (Fsp3) is 0.211. The van der Waals surface area contributed by atoms with Crippen molar-refractivity contribution in [3.05, 3.63) is 58.9 Å². The summed E-state index contributed by atoms with van der Waals surface area (Å²) in [6, 6.07) is 7.10. The summed E-state index contributed by atoms with van der Waals surface area (Å²) in [5.41, 5.74) is 2.12. The molecule has 3 aromatic rings. The Morgan fingerprint density at radius 3 is 2.59 bits per heavy atom. The van der Waals surface area contributed by atoms with Gasteiger partial charge in [-0.3, -0.25) is 9.48 Å². The number of hydrogen-bond donors (Lipinski definition) is 1. The third-order valence-corrected chi connectivity index (χ3v) is 4.03. The number of carbonyl (C=O) groups excluding carboxylic acids is 1. The Balaban J connectivity index is 1.82. The predicted octanol–water partition coefficient (Wildman–Crippen LogP) is 3.99. The molecule has 2 aromatic heterocycles. The molecule has 0 aliphatic carbocycles. The maximum absolute atomic E-state index is 13.1. The number of nitrogens with one attached hydrogen (secondary N) is 1. The van der Waals surface area contributed by atoms with Gasteiger partial charge in [0.2, 0.25) is 0 Å². The van der Waals surface area contributed by atoms with E-state index in [2.05, 4.69) is 10.3 Å². The monoisotopic (exact) mass is 408 g/mol. The van der Waals surface area contributed by atoms with Gasteiger partial charge in [0, 0.05) is 18.2 Å². The lowest BCUT2D eigenvalue weighted by atomic mass is 10.1. The van der Waals surface area contributed by atoms with Crippen LogP contribution in [0.3, 0.4) is 0 Å². The molecule has 3 rings (SSSR count). The Morgan fingerprint density at radius 1 is 1.24 bits per heavy atom. The minimum atomic E-state index is -4.50. The third kappa shape index (κ3) is 4.89. The second kappa shape index (κ2) is 7.90. The molecule has 29 heavy (non-hydrogen) atoms. The molecule has 0 fully saturated rings. The van der Waals surface area contributed by atoms with Gasteiger partial charge < -0.3 is 9.84 Å². The van der Waals surface area contributed by atoms with E-state index in [9.17, 15) is 22.4 Å². The molecule has 0 unspecified atom stereocenters. The molecule has 0 bridgehead atoms. The molecule has 0 saturated carbocycles. The number of halogens is 4. The maximum Gasteiger partial charge on any atom is 0.405 e. The lowest BCUT2D eigenvalue weighted by Gasteiger charge is -2.07. The Labute approximate surface area is 162 Å². The highest BCUT2D eigenvalue weighted by molar-refractivity contribution is 5.93. The van der Waals surface area contributed by atoms with Gasteiger partial charge in [0.1, 0.15) is 29.5 Å². The Morgan fingerprint density at radius 2 is 1.93 bits per heavy atom. The molecule has 2 heterocycles. The van der Waals surface area contributed by atoms with Gasteiger partial charge in [-0.1, -0.05) is 5.16 Å². The first-order valence-corrected chi connectivity index (χ1v) is 8.43. The van der Waals surface area contributed by atoms with Crippen molar-refractivity contribution in [2.75, 3.05) is 6.54 Å². The molecule has 0 aliphatic rings. The van der Waals surface area contributed by atoms with Gasteiger partial charge in [0.15, 0.2) is 0 Å². The molecular formula is C19H16F4N4O2. The van der Waals surface area contributed by atoms with Crippen LogP contribution in [0, 0.1) is 12.7 Å². The van der Waals surface area contributed by atoms with E-state index in [1.807, 2.05) is 0 Å². The number of alkyl halides is 3. The van der Waals surface area contributed by atoms with Gasteiger partial charge in [0.25, 0.3) is 5.91 Å². The van der Waals surface area contributed by atoms with Crippen molar-refractivity contribution in [1.29, 1.82) is 0 Å². The summed E-state index contributed by atoms with van der Waals surface area (Å²) in [4.78, 5) is 11.9. The molecular weight excluding hydrogens is 392 g/mol. The van der Waals surface area contributed by atoms with Gasteiger partial charge >= 0.3 is 6.18 Å². The quantitative estimate of drug-likeness (QED) is 0.648. The van der Waals surface area contributed by atoms with Crippen LogP contribution in [-0.4, -0.2) is 33.6 Å². The van der Waals surface area contributed by atoms with Gasteiger partial charge in [-0.05, 0) is 49.4 Å². The van der Waals surface area contributed by atoms with Crippen LogP contribution in [0.15, 0.2) is 34.9 Å². The fourth-order valence-electron chi connectivity index (χ4n) is 2.61. The number of nitrogens with zero attached hydrogens (tertiary/aromatic N) is 3. The molecule has 0 atom stereocenters. The van der Waals surface area contributed by atoms with Crippen molar-refractivity contribution >= 4 is 18.1 Å². The van der Waals surface area contributed by atoms with Crippen LogP contribution in [0.1, 0.15) is 27.5 Å². The molecule has 0 aliphatic heterocycles. The molecule has 1 aromatic carbocycles. The normalized spacial score (nSPS) is 11.9. The van der Waals surface area contributed by atoms with Crippen molar-refractivity contribution in [2.24, 2.45) is 7.05 Å². The van der Waals surface area contributed by atoms with E-state index in [0.29, 0.717) is 28.3 Å². The first-order valence-electron chi connectivity index (χ1n) is 8.43. The number of carbonyl (C=O) groups is 1. The summed E-state index contributed by atoms with van der Waals surface area (Å²) in [6.45, 7) is 0.275. The van der Waals surface area contributed by atoms with Crippen LogP contribution in [0.5, 0.6) is 0 Å². The highest BCUT2D eigenvalue weighted by Gasteiger charge is 2.28. The van der Waals surface area contributed by atoms with E-state index in [1.54, 1.807) is 36.5 Å². The van der Waals surface area contributed by atoms with Gasteiger partial charge in [-0.15, -0.1) is 0 Å². The fourth-order valence-corrected chi connectivity index (χ4v) is 2.61. The summed E-state index contributed by atoms with van der Waals surface area (Å²) in [5.74, 6) is -0.749. The van der Waals surface area contributed by atoms with Crippen molar-refractivity contribution < 1.29 is 26.9 Å². The topological polar surface area (TPSA) is 73.0 Å². The highest BCUT2D eigenvalue weighted by atomic mass is 19.4. The molecule has 10 heteroatoms. The second-order valence-corrected chi connectivity index (χ2v) is 6.22. The van der Waals surface area contributed by atoms with Gasteiger partial charge in [-0.25, -0.2) is 4.39 Å². The van der Waals surface area contributed by atoms with E-state index >= 15 is 0 Å². The number of benzene rings is 1. The van der Waals surface area contributed by atoms with E-state index in [-0.39, 0.29) is 11.5 Å². The number of amides is 1. The first kappa shape index (κ1) is 20.3. The van der Waals surface area contributed by atoms with Gasteiger partial charge in [-0.2, -0.15) is 18.3 Å². The molecule has 1 N–H and O–H groups in total. The summed E-state index contributed by atoms with van der Waals surface area (Å²) in [5, 5.41) is 9.89. The van der Waals surface area contributed by atoms with E-state index < -0.39 is 18.6 Å². The van der Waals surface area contributed by atoms with Crippen LogP contribution in [-0.2, 0) is 7.05 Å². The number of hydrogen-bond acceptors (Lipinski definition) is 4. The summed E-state index contributed by atoms with van der Waals surface area (Å²) in [7, 11) is 1.45. The van der Waals surface area contributed by atoms with Crippen molar-refractivity contribution in [3.63, 3.8) is 0 Å². The lowest BCUT2D eigenvalue weighted by molar-refractivity contribution is -0.123. The van der Waals surface area contributed by atoms with Crippen molar-refractivity contribution in [2.45, 2.75) is 13.1 Å². The third-order valence-electron chi connectivity index (χ3n) is 4.03. The van der Waals surface area contributed by atoms with Crippen LogP contribution >= 0.6 is 0 Å². The van der Waals surface area contributed by atoms with E-state index in [0.717, 1.165) is 0 Å². The molecule has 6 nitrogen and oxygen atoms in total. The number of aromatic nitrogens is 3.